The maximum absolute atomic E-state index is 10.5. The van der Waals surface area contributed by atoms with Gasteiger partial charge in [-0.25, -0.2) is 15.0 Å². The molecule has 9 nitrogen and oxygen atoms in total. The minimum Gasteiger partial charge on any atom is -0.388 e. The highest BCUT2D eigenvalue weighted by Crippen LogP contribution is 2.40. The van der Waals surface area contributed by atoms with E-state index < -0.39 is 31.4 Å². The van der Waals surface area contributed by atoms with Crippen molar-refractivity contribution in [3.8, 4) is 0 Å². The number of ether oxygens (including phenoxy) is 1. The summed E-state index contributed by atoms with van der Waals surface area (Å²) in [5.74, 6) is 0.768. The molecule has 4 atom stereocenters. The first-order chi connectivity index (χ1) is 11.6. The Morgan fingerprint density at radius 3 is 2.52 bits per heavy atom. The van der Waals surface area contributed by atoms with Gasteiger partial charge in [0.15, 0.2) is 23.2 Å². The van der Waals surface area contributed by atoms with E-state index in [9.17, 15) is 10.2 Å². The fraction of sp³-hybridized carbons (Fsp3) is 0.600. The van der Waals surface area contributed by atoms with Crippen LogP contribution in [-0.2, 0) is 4.74 Å². The van der Waals surface area contributed by atoms with E-state index in [2.05, 4.69) is 34.6 Å². The molecule has 2 aromatic heterocycles. The number of aryl methyl sites for hydroxylation is 1. The molecule has 0 spiro atoms. The first-order valence-electron chi connectivity index (χ1n) is 8.05. The van der Waals surface area contributed by atoms with Gasteiger partial charge in [-0.1, -0.05) is 0 Å². The lowest BCUT2D eigenvalue weighted by atomic mass is 10.1. The fourth-order valence-corrected chi connectivity index (χ4v) is 3.99. The minimum atomic E-state index is -1.26. The van der Waals surface area contributed by atoms with Crippen LogP contribution < -0.4 is 11.5 Å². The molecule has 3 heterocycles. The quantitative estimate of drug-likeness (QED) is 0.553. The third-order valence-electron chi connectivity index (χ3n) is 4.32. The maximum Gasteiger partial charge on any atom is 0.204 e. The highest BCUT2D eigenvalue weighted by atomic mass is 31.2. The normalized spacial score (nSPS) is 27.2. The van der Waals surface area contributed by atoms with E-state index in [1.807, 2.05) is 0 Å². The van der Waals surface area contributed by atoms with Crippen LogP contribution in [0, 0.1) is 6.92 Å². The molecule has 1 aliphatic rings. The van der Waals surface area contributed by atoms with Crippen molar-refractivity contribution < 1.29 is 14.9 Å². The van der Waals surface area contributed by atoms with E-state index >= 15 is 0 Å². The summed E-state index contributed by atoms with van der Waals surface area (Å²) in [6.07, 6.45) is 2.08. The second-order valence-corrected chi connectivity index (χ2v) is 11.5. The number of imidazole rings is 1. The van der Waals surface area contributed by atoms with Crippen LogP contribution in [0.25, 0.3) is 11.2 Å². The van der Waals surface area contributed by atoms with Crippen molar-refractivity contribution in [2.24, 2.45) is 0 Å². The summed E-state index contributed by atoms with van der Waals surface area (Å²) in [6, 6.07) is 0. The molecule has 2 aromatic rings. The van der Waals surface area contributed by atoms with E-state index in [1.165, 1.54) is 4.57 Å². The summed E-state index contributed by atoms with van der Waals surface area (Å²) >= 11 is 0. The molecular formula is C15H25N6O3P. The standard InChI is InChI=1S/C15H25N6O3P/c1-7-18-12(16)9-13(19-7)21(15(17)20-9)14-11(23)10(22)8(24-14)5-6-25(2,3)4/h8,10-11,14,22-23H,2,5-6H2,1,3-4H3,(H2,17,20)(H2,16,18,19)/t8-,10-,11-,14?/m1/s1. The summed E-state index contributed by atoms with van der Waals surface area (Å²) < 4.78 is 7.40. The molecule has 1 fully saturated rings. The lowest BCUT2D eigenvalue weighted by Gasteiger charge is -2.19. The second-order valence-electron chi connectivity index (χ2n) is 7.16. The molecular weight excluding hydrogens is 343 g/mol. The lowest BCUT2D eigenvalue weighted by Crippen LogP contribution is -2.32. The van der Waals surface area contributed by atoms with Crippen molar-refractivity contribution in [2.75, 3.05) is 31.0 Å². The average Bonchev–Trinajstić information content (AvgIpc) is 2.95. The number of nitrogen functional groups attached to an aromatic ring is 2. The monoisotopic (exact) mass is 368 g/mol. The number of rotatable bonds is 4. The highest BCUT2D eigenvalue weighted by molar-refractivity contribution is 7.72. The van der Waals surface area contributed by atoms with Gasteiger partial charge in [0.1, 0.15) is 18.0 Å². The van der Waals surface area contributed by atoms with Gasteiger partial charge in [-0.2, -0.15) is 0 Å². The minimum absolute atomic E-state index is 0.100. The van der Waals surface area contributed by atoms with Crippen LogP contribution in [-0.4, -0.2) is 73.8 Å². The van der Waals surface area contributed by atoms with E-state index in [0.717, 1.165) is 6.16 Å². The summed E-state index contributed by atoms with van der Waals surface area (Å²) in [4.78, 5) is 12.6. The molecule has 0 radical (unpaired) electrons. The molecule has 25 heavy (non-hydrogen) atoms. The molecule has 0 amide bonds. The largest absolute Gasteiger partial charge is 0.388 e. The predicted octanol–water partition coefficient (Wildman–Crippen LogP) is 0.0176. The van der Waals surface area contributed by atoms with Crippen LogP contribution in [0.5, 0.6) is 0 Å². The number of hydrogen-bond donors (Lipinski definition) is 4. The zero-order valence-corrected chi connectivity index (χ0v) is 15.5. The van der Waals surface area contributed by atoms with E-state index in [-0.39, 0.29) is 11.8 Å². The Morgan fingerprint density at radius 1 is 1.20 bits per heavy atom. The molecule has 1 unspecified atom stereocenters. The van der Waals surface area contributed by atoms with Gasteiger partial charge < -0.3 is 26.4 Å². The van der Waals surface area contributed by atoms with E-state index in [4.69, 9.17) is 16.2 Å². The Balaban J connectivity index is 1.95. The molecule has 1 saturated heterocycles. The Bertz CT molecular complexity index is 847. The Morgan fingerprint density at radius 2 is 1.88 bits per heavy atom. The van der Waals surface area contributed by atoms with Gasteiger partial charge >= 0.3 is 0 Å². The first kappa shape index (κ1) is 18.1. The zero-order valence-electron chi connectivity index (χ0n) is 14.6. The van der Waals surface area contributed by atoms with Crippen molar-refractivity contribution in [3.05, 3.63) is 5.82 Å². The number of nitrogens with zero attached hydrogens (tertiary/aromatic N) is 4. The van der Waals surface area contributed by atoms with Gasteiger partial charge in [-0.3, -0.25) is 4.57 Å². The molecule has 0 saturated carbocycles. The van der Waals surface area contributed by atoms with Gasteiger partial charge in [0.2, 0.25) is 5.95 Å². The number of aliphatic hydroxyl groups excluding tert-OH is 2. The van der Waals surface area contributed by atoms with Crippen LogP contribution in [0.15, 0.2) is 0 Å². The van der Waals surface area contributed by atoms with Crippen LogP contribution in [0.3, 0.4) is 0 Å². The van der Waals surface area contributed by atoms with Crippen molar-refractivity contribution >= 4 is 36.1 Å². The first-order valence-corrected chi connectivity index (χ1v) is 11.1. The molecule has 10 heteroatoms. The molecule has 1 aliphatic heterocycles. The Kier molecular flexibility index (Phi) is 4.53. The lowest BCUT2D eigenvalue weighted by molar-refractivity contribution is -0.0340. The van der Waals surface area contributed by atoms with Gasteiger partial charge in [-0.05, 0) is 32.8 Å². The van der Waals surface area contributed by atoms with Crippen LogP contribution in [0.2, 0.25) is 0 Å². The van der Waals surface area contributed by atoms with Gasteiger partial charge in [-0.15, -0.1) is 13.2 Å². The van der Waals surface area contributed by atoms with Gasteiger partial charge in [0, 0.05) is 0 Å². The topological polar surface area (TPSA) is 145 Å². The maximum atomic E-state index is 10.5. The summed E-state index contributed by atoms with van der Waals surface area (Å²) in [5.41, 5.74) is 12.6. The Labute approximate surface area is 146 Å². The predicted molar refractivity (Wildman–Crippen MR) is 100 cm³/mol. The van der Waals surface area contributed by atoms with Crippen LogP contribution in [0.4, 0.5) is 11.8 Å². The van der Waals surface area contributed by atoms with Crippen molar-refractivity contribution in [1.29, 1.82) is 0 Å². The van der Waals surface area contributed by atoms with Gasteiger partial charge in [0.25, 0.3) is 0 Å². The smallest absolute Gasteiger partial charge is 0.204 e. The highest BCUT2D eigenvalue weighted by Gasteiger charge is 2.45. The van der Waals surface area contributed by atoms with Crippen molar-refractivity contribution in [3.63, 3.8) is 0 Å². The van der Waals surface area contributed by atoms with Crippen molar-refractivity contribution in [2.45, 2.75) is 37.9 Å². The Hall–Kier alpha value is -1.67. The molecule has 0 aromatic carbocycles. The average molecular weight is 368 g/mol. The second kappa shape index (κ2) is 6.25. The number of hydrogen-bond acceptors (Lipinski definition) is 8. The van der Waals surface area contributed by atoms with E-state index in [0.29, 0.717) is 23.4 Å². The molecule has 0 bridgehead atoms. The number of fused-ring (bicyclic) bond motifs is 1. The molecule has 3 rings (SSSR count). The molecule has 0 aliphatic carbocycles. The zero-order chi connectivity index (χ0) is 18.5. The van der Waals surface area contributed by atoms with Crippen LogP contribution in [0.1, 0.15) is 18.5 Å². The number of anilines is 2. The summed E-state index contributed by atoms with van der Waals surface area (Å²) in [6.45, 7) is 4.68. The SMILES string of the molecule is C=P(C)(C)CC[C@H]1OC(n2c(N)nc3c(N)nc(C)nc32)[C@H](O)[C@@H]1O. The summed E-state index contributed by atoms with van der Waals surface area (Å²) in [7, 11) is 0. The number of aromatic nitrogens is 4. The van der Waals surface area contributed by atoms with E-state index in [1.54, 1.807) is 6.92 Å². The molecule has 138 valence electrons. The van der Waals surface area contributed by atoms with Crippen LogP contribution >= 0.6 is 6.89 Å². The number of nitrogens with two attached hydrogens (primary N) is 2. The fourth-order valence-electron chi connectivity index (χ4n) is 3.03. The van der Waals surface area contributed by atoms with Crippen molar-refractivity contribution in [1.82, 2.24) is 19.5 Å². The third kappa shape index (κ3) is 3.37. The number of aliphatic hydroxyl groups is 2. The third-order valence-corrected chi connectivity index (χ3v) is 5.79. The van der Waals surface area contributed by atoms with Gasteiger partial charge in [0.05, 0.1) is 6.10 Å². The molecule has 6 N–H and O–H groups in total. The summed E-state index contributed by atoms with van der Waals surface area (Å²) in [5, 5.41) is 20.9.